The Morgan fingerprint density at radius 3 is 1.11 bits per heavy atom. The summed E-state index contributed by atoms with van der Waals surface area (Å²) in [5, 5.41) is 1.24. The number of aromatic nitrogens is 2. The van der Waals surface area contributed by atoms with Crippen molar-refractivity contribution < 1.29 is 0 Å². The molecule has 2 aromatic rings. The first-order valence-electron chi connectivity index (χ1n) is 4.67. The van der Waals surface area contributed by atoms with E-state index in [1.807, 2.05) is 23.2 Å². The van der Waals surface area contributed by atoms with Gasteiger partial charge in [0.25, 0.3) is 0 Å². The van der Waals surface area contributed by atoms with Crippen molar-refractivity contribution in [1.82, 2.24) is 9.13 Å². The van der Waals surface area contributed by atoms with Crippen LogP contribution in [-0.4, -0.2) is 9.13 Å². The van der Waals surface area contributed by atoms with Crippen LogP contribution < -0.4 is 0 Å². The molecular formula is C10H6Br4Cl2N2. The van der Waals surface area contributed by atoms with E-state index in [4.69, 9.17) is 23.2 Å². The molecule has 0 radical (unpaired) electrons. The number of hydrogen-bond acceptors (Lipinski definition) is 0. The van der Waals surface area contributed by atoms with Crippen molar-refractivity contribution in [2.45, 2.75) is 0 Å². The molecule has 0 atom stereocenters. The van der Waals surface area contributed by atoms with Gasteiger partial charge in [-0.05, 0) is 63.7 Å². The first-order chi connectivity index (χ1) is 8.29. The van der Waals surface area contributed by atoms with E-state index in [0.717, 1.165) is 29.3 Å². The Morgan fingerprint density at radius 1 is 0.667 bits per heavy atom. The second-order valence-corrected chi connectivity index (χ2v) is 7.54. The van der Waals surface area contributed by atoms with Gasteiger partial charge in [0.15, 0.2) is 0 Å². The largest absolute Gasteiger partial charge is 0.332 e. The maximum atomic E-state index is 6.22. The number of rotatable bonds is 1. The third kappa shape index (κ3) is 2.17. The van der Waals surface area contributed by atoms with Gasteiger partial charge in [-0.25, -0.2) is 0 Å². The number of halogens is 6. The summed E-state index contributed by atoms with van der Waals surface area (Å²) in [4.78, 5) is 0. The van der Waals surface area contributed by atoms with Crippen molar-refractivity contribution in [3.63, 3.8) is 0 Å². The molecule has 0 N–H and O–H groups in total. The molecular weight excluding hydrogens is 539 g/mol. The van der Waals surface area contributed by atoms with Crippen LogP contribution in [0.25, 0.3) is 11.4 Å². The van der Waals surface area contributed by atoms with Gasteiger partial charge in [0.1, 0.15) is 10.3 Å². The highest BCUT2D eigenvalue weighted by molar-refractivity contribution is 9.13. The molecule has 2 heterocycles. The average molecular weight is 545 g/mol. The van der Waals surface area contributed by atoms with E-state index >= 15 is 0 Å². The molecule has 0 fully saturated rings. The van der Waals surface area contributed by atoms with Crippen molar-refractivity contribution >= 4 is 86.9 Å². The summed E-state index contributed by atoms with van der Waals surface area (Å²) in [6.45, 7) is 0. The van der Waals surface area contributed by atoms with Crippen LogP contribution in [0.4, 0.5) is 0 Å². The first kappa shape index (κ1) is 15.4. The van der Waals surface area contributed by atoms with Crippen LogP contribution >= 0.6 is 86.9 Å². The summed E-state index contributed by atoms with van der Waals surface area (Å²) in [6.07, 6.45) is 0. The van der Waals surface area contributed by atoms with E-state index in [9.17, 15) is 0 Å². The molecule has 0 unspecified atom stereocenters. The van der Waals surface area contributed by atoms with Crippen LogP contribution in [0.3, 0.4) is 0 Å². The Balaban J connectivity index is 2.86. The van der Waals surface area contributed by atoms with Crippen LogP contribution in [0.2, 0.25) is 10.3 Å². The van der Waals surface area contributed by atoms with Crippen LogP contribution in [-0.2, 0) is 14.1 Å². The van der Waals surface area contributed by atoms with Gasteiger partial charge in [-0.1, -0.05) is 23.2 Å². The zero-order chi connectivity index (χ0) is 13.8. The minimum atomic E-state index is 0.622. The quantitative estimate of drug-likeness (QED) is 0.394. The average Bonchev–Trinajstić information content (AvgIpc) is 2.64. The smallest absolute Gasteiger partial charge is 0.124 e. The van der Waals surface area contributed by atoms with E-state index in [0.29, 0.717) is 10.3 Å². The molecule has 0 saturated carbocycles. The summed E-state index contributed by atoms with van der Waals surface area (Å²) < 4.78 is 7.20. The molecule has 0 amide bonds. The fourth-order valence-electron chi connectivity index (χ4n) is 1.70. The van der Waals surface area contributed by atoms with Crippen molar-refractivity contribution in [1.29, 1.82) is 0 Å². The highest BCUT2D eigenvalue weighted by atomic mass is 79.9. The first-order valence-corrected chi connectivity index (χ1v) is 8.60. The zero-order valence-corrected chi connectivity index (χ0v) is 17.0. The lowest BCUT2D eigenvalue weighted by molar-refractivity contribution is 0.882. The summed E-state index contributed by atoms with van der Waals surface area (Å²) in [7, 11) is 3.79. The molecule has 0 spiro atoms. The molecule has 0 bridgehead atoms. The van der Waals surface area contributed by atoms with Crippen LogP contribution in [0.15, 0.2) is 17.9 Å². The Hall–Kier alpha value is 1.06. The van der Waals surface area contributed by atoms with Gasteiger partial charge in [-0.2, -0.15) is 0 Å². The van der Waals surface area contributed by atoms with Gasteiger partial charge in [0.2, 0.25) is 0 Å². The molecule has 0 aromatic carbocycles. The minimum Gasteiger partial charge on any atom is -0.332 e. The van der Waals surface area contributed by atoms with Crippen molar-refractivity contribution in [3.05, 3.63) is 28.2 Å². The number of nitrogens with zero attached hydrogens (tertiary/aromatic N) is 2. The zero-order valence-electron chi connectivity index (χ0n) is 9.16. The van der Waals surface area contributed by atoms with Crippen LogP contribution in [0.5, 0.6) is 0 Å². The van der Waals surface area contributed by atoms with Crippen molar-refractivity contribution in [2.75, 3.05) is 0 Å². The Bertz CT molecular complexity index is 538. The lowest BCUT2D eigenvalue weighted by Gasteiger charge is -2.08. The Kier molecular flexibility index (Phi) is 4.68. The van der Waals surface area contributed by atoms with E-state index in [1.54, 1.807) is 0 Å². The maximum Gasteiger partial charge on any atom is 0.124 e. The van der Waals surface area contributed by atoms with E-state index in [-0.39, 0.29) is 0 Å². The molecule has 0 aliphatic rings. The van der Waals surface area contributed by atoms with Gasteiger partial charge < -0.3 is 9.13 Å². The van der Waals surface area contributed by atoms with E-state index in [2.05, 4.69) is 63.7 Å². The highest BCUT2D eigenvalue weighted by Gasteiger charge is 2.25. The number of hydrogen-bond donors (Lipinski definition) is 0. The molecule has 0 aliphatic carbocycles. The highest BCUT2D eigenvalue weighted by Crippen LogP contribution is 2.47. The van der Waals surface area contributed by atoms with Crippen LogP contribution in [0.1, 0.15) is 0 Å². The summed E-state index contributed by atoms with van der Waals surface area (Å²) in [5.41, 5.74) is 1.88. The molecule has 98 valence electrons. The van der Waals surface area contributed by atoms with Gasteiger partial charge in [-0.3, -0.25) is 0 Å². The molecule has 2 nitrogen and oxygen atoms in total. The van der Waals surface area contributed by atoms with Crippen molar-refractivity contribution in [3.8, 4) is 11.4 Å². The van der Waals surface area contributed by atoms with Gasteiger partial charge in [0, 0.05) is 14.1 Å². The summed E-state index contributed by atoms with van der Waals surface area (Å²) in [6, 6.07) is 0. The molecule has 18 heavy (non-hydrogen) atoms. The molecule has 8 heteroatoms. The standard InChI is InChI=1S/C10H6Br4Cl2N2/c1-17-7(3(11)5(13)9(17)15)8-4(12)6(14)10(16)18(8)2/h1-2H3. The second-order valence-electron chi connectivity index (χ2n) is 3.65. The lowest BCUT2D eigenvalue weighted by atomic mass is 10.3. The third-order valence-corrected chi connectivity index (χ3v) is 8.14. The predicted molar refractivity (Wildman–Crippen MR) is 90.6 cm³/mol. The predicted octanol–water partition coefficient (Wildman–Crippen LogP) is 6.39. The van der Waals surface area contributed by atoms with E-state index < -0.39 is 0 Å². The molecule has 2 aromatic heterocycles. The van der Waals surface area contributed by atoms with Gasteiger partial charge in [-0.15, -0.1) is 0 Å². The SMILES string of the molecule is Cn1c(Cl)c(Br)c(Br)c1-c1c(Br)c(Br)c(Cl)n1C. The summed E-state index contributed by atoms with van der Waals surface area (Å²) in [5.74, 6) is 0. The third-order valence-electron chi connectivity index (χ3n) is 2.65. The van der Waals surface area contributed by atoms with E-state index in [1.165, 1.54) is 0 Å². The van der Waals surface area contributed by atoms with Gasteiger partial charge >= 0.3 is 0 Å². The summed E-state index contributed by atoms with van der Waals surface area (Å²) >= 11 is 26.4. The van der Waals surface area contributed by atoms with Crippen LogP contribution in [0, 0.1) is 0 Å². The lowest BCUT2D eigenvalue weighted by Crippen LogP contribution is -1.98. The Labute approximate surface area is 148 Å². The van der Waals surface area contributed by atoms with Gasteiger partial charge in [0.05, 0.1) is 29.3 Å². The minimum absolute atomic E-state index is 0.622. The second kappa shape index (κ2) is 5.45. The molecule has 0 saturated heterocycles. The molecule has 0 aliphatic heterocycles. The molecule has 2 rings (SSSR count). The maximum absolute atomic E-state index is 6.22. The van der Waals surface area contributed by atoms with Crippen molar-refractivity contribution in [2.24, 2.45) is 14.1 Å². The fourth-order valence-corrected chi connectivity index (χ4v) is 4.48. The topological polar surface area (TPSA) is 9.86 Å². The fraction of sp³-hybridized carbons (Fsp3) is 0.200. The monoisotopic (exact) mass is 540 g/mol. The Morgan fingerprint density at radius 2 is 0.944 bits per heavy atom. The normalized spacial score (nSPS) is 11.3.